The second-order valence-corrected chi connectivity index (χ2v) is 3.96. The lowest BCUT2D eigenvalue weighted by Crippen LogP contribution is -2.20. The maximum Gasteiger partial charge on any atom is 0.356 e. The molecule has 0 bridgehead atoms. The molecule has 1 aromatic carbocycles. The zero-order valence-electron chi connectivity index (χ0n) is 10.6. The maximum atomic E-state index is 11.0. The lowest BCUT2D eigenvalue weighted by molar-refractivity contribution is 0.0690. The molecule has 0 radical (unpaired) electrons. The topological polar surface area (TPSA) is 90.1 Å². The van der Waals surface area contributed by atoms with Crippen molar-refractivity contribution in [2.75, 3.05) is 11.4 Å². The lowest BCUT2D eigenvalue weighted by Gasteiger charge is -2.22. The Bertz CT molecular complexity index is 637. The predicted octanol–water partition coefficient (Wildman–Crippen LogP) is 2.23. The number of carboxylic acid groups (broad SMARTS) is 1. The first-order valence-corrected chi connectivity index (χ1v) is 5.97. The zero-order valence-corrected chi connectivity index (χ0v) is 10.6. The van der Waals surface area contributed by atoms with E-state index in [0.717, 1.165) is 5.69 Å². The molecule has 2 aromatic rings. The quantitative estimate of drug-likeness (QED) is 0.894. The summed E-state index contributed by atoms with van der Waals surface area (Å²) in [6.07, 6.45) is 2.98. The molecule has 0 amide bonds. The molecule has 0 aliphatic rings. The second kappa shape index (κ2) is 6.29. The molecule has 0 spiro atoms. The van der Waals surface area contributed by atoms with Crippen molar-refractivity contribution >= 4 is 17.5 Å². The van der Waals surface area contributed by atoms with Crippen LogP contribution in [-0.4, -0.2) is 27.6 Å². The highest BCUT2D eigenvalue weighted by atomic mass is 16.4. The Morgan fingerprint density at radius 2 is 2.05 bits per heavy atom. The van der Waals surface area contributed by atoms with E-state index < -0.39 is 5.97 Å². The molecule has 1 heterocycles. The van der Waals surface area contributed by atoms with Crippen molar-refractivity contribution in [3.05, 3.63) is 48.4 Å². The van der Waals surface area contributed by atoms with E-state index in [-0.39, 0.29) is 5.69 Å². The first kappa shape index (κ1) is 13.5. The number of aromatic nitrogens is 2. The summed E-state index contributed by atoms with van der Waals surface area (Å²) in [6, 6.07) is 11.4. The number of carboxylic acids is 1. The van der Waals surface area contributed by atoms with Gasteiger partial charge in [-0.2, -0.15) is 5.26 Å². The van der Waals surface area contributed by atoms with Gasteiger partial charge < -0.3 is 10.0 Å². The highest BCUT2D eigenvalue weighted by molar-refractivity contribution is 5.85. The van der Waals surface area contributed by atoms with Crippen molar-refractivity contribution in [2.24, 2.45) is 0 Å². The van der Waals surface area contributed by atoms with E-state index in [4.69, 9.17) is 10.4 Å². The number of para-hydroxylation sites is 1. The number of nitriles is 1. The average molecular weight is 268 g/mol. The SMILES string of the molecule is N#CCCN(c1ccccc1)c1cncc(C(=O)O)n1. The van der Waals surface area contributed by atoms with Crippen LogP contribution < -0.4 is 4.90 Å². The van der Waals surface area contributed by atoms with Crippen LogP contribution in [0.4, 0.5) is 11.5 Å². The van der Waals surface area contributed by atoms with Crippen molar-refractivity contribution in [1.29, 1.82) is 5.26 Å². The first-order chi connectivity index (χ1) is 9.72. The molecule has 20 heavy (non-hydrogen) atoms. The number of rotatable bonds is 5. The standard InChI is InChI=1S/C14H12N4O2/c15-7-4-8-18(11-5-2-1-3-6-11)13-10-16-9-12(17-13)14(19)20/h1-3,5-6,9-10H,4,8H2,(H,19,20). The summed E-state index contributed by atoms with van der Waals surface area (Å²) in [5.41, 5.74) is 0.708. The van der Waals surface area contributed by atoms with E-state index >= 15 is 0 Å². The van der Waals surface area contributed by atoms with Crippen LogP contribution in [0.25, 0.3) is 0 Å². The van der Waals surface area contributed by atoms with Gasteiger partial charge in [0.05, 0.1) is 24.9 Å². The van der Waals surface area contributed by atoms with Gasteiger partial charge in [-0.15, -0.1) is 0 Å². The Morgan fingerprint density at radius 1 is 1.30 bits per heavy atom. The predicted molar refractivity (Wildman–Crippen MR) is 72.7 cm³/mol. The number of carbonyl (C=O) groups is 1. The minimum Gasteiger partial charge on any atom is -0.476 e. The van der Waals surface area contributed by atoms with E-state index in [1.54, 1.807) is 4.90 Å². The van der Waals surface area contributed by atoms with Crippen molar-refractivity contribution in [3.63, 3.8) is 0 Å². The van der Waals surface area contributed by atoms with Gasteiger partial charge in [-0.05, 0) is 12.1 Å². The van der Waals surface area contributed by atoms with Gasteiger partial charge >= 0.3 is 5.97 Å². The largest absolute Gasteiger partial charge is 0.476 e. The van der Waals surface area contributed by atoms with Gasteiger partial charge in [-0.25, -0.2) is 9.78 Å². The molecule has 0 saturated heterocycles. The number of aromatic carboxylic acids is 1. The zero-order chi connectivity index (χ0) is 14.4. The van der Waals surface area contributed by atoms with Crippen LogP contribution in [0.1, 0.15) is 16.9 Å². The van der Waals surface area contributed by atoms with Gasteiger partial charge in [0.15, 0.2) is 11.5 Å². The van der Waals surface area contributed by atoms with E-state index in [1.165, 1.54) is 12.4 Å². The number of hydrogen-bond acceptors (Lipinski definition) is 5. The van der Waals surface area contributed by atoms with Crippen LogP contribution in [0, 0.1) is 11.3 Å². The van der Waals surface area contributed by atoms with Crippen molar-refractivity contribution in [1.82, 2.24) is 9.97 Å². The summed E-state index contributed by atoms with van der Waals surface area (Å²) in [4.78, 5) is 20.7. The molecule has 6 heteroatoms. The fourth-order valence-electron chi connectivity index (χ4n) is 1.73. The summed E-state index contributed by atoms with van der Waals surface area (Å²) in [5, 5.41) is 17.7. The summed E-state index contributed by atoms with van der Waals surface area (Å²) in [5.74, 6) is -0.723. The number of nitrogens with zero attached hydrogens (tertiary/aromatic N) is 4. The molecule has 100 valence electrons. The molecule has 0 aliphatic heterocycles. The van der Waals surface area contributed by atoms with E-state index in [1.807, 2.05) is 30.3 Å². The van der Waals surface area contributed by atoms with Gasteiger partial charge in [-0.1, -0.05) is 18.2 Å². The number of hydrogen-bond donors (Lipinski definition) is 1. The average Bonchev–Trinajstić information content (AvgIpc) is 2.49. The molecular formula is C14H12N4O2. The molecular weight excluding hydrogens is 256 g/mol. The number of benzene rings is 1. The van der Waals surface area contributed by atoms with E-state index in [0.29, 0.717) is 18.8 Å². The molecule has 0 atom stereocenters. The maximum absolute atomic E-state index is 11.0. The van der Waals surface area contributed by atoms with E-state index in [2.05, 4.69) is 16.0 Å². The smallest absolute Gasteiger partial charge is 0.356 e. The molecule has 0 saturated carbocycles. The van der Waals surface area contributed by atoms with Crippen LogP contribution in [0.3, 0.4) is 0 Å². The molecule has 0 fully saturated rings. The highest BCUT2D eigenvalue weighted by Gasteiger charge is 2.13. The van der Waals surface area contributed by atoms with Crippen LogP contribution in [0.5, 0.6) is 0 Å². The van der Waals surface area contributed by atoms with Crippen LogP contribution in [0.15, 0.2) is 42.7 Å². The second-order valence-electron chi connectivity index (χ2n) is 3.96. The monoisotopic (exact) mass is 268 g/mol. The summed E-state index contributed by atoms with van der Waals surface area (Å²) in [6.45, 7) is 0.415. The minimum absolute atomic E-state index is 0.125. The third-order valence-electron chi connectivity index (χ3n) is 2.63. The molecule has 1 aromatic heterocycles. The van der Waals surface area contributed by atoms with Crippen LogP contribution in [-0.2, 0) is 0 Å². The third-order valence-corrected chi connectivity index (χ3v) is 2.63. The van der Waals surface area contributed by atoms with Gasteiger partial charge in [-0.3, -0.25) is 4.98 Å². The lowest BCUT2D eigenvalue weighted by atomic mass is 10.2. The minimum atomic E-state index is -1.13. The first-order valence-electron chi connectivity index (χ1n) is 5.97. The normalized spacial score (nSPS) is 9.75. The Hall–Kier alpha value is -2.94. The molecule has 6 nitrogen and oxygen atoms in total. The van der Waals surface area contributed by atoms with Crippen molar-refractivity contribution in [2.45, 2.75) is 6.42 Å². The summed E-state index contributed by atoms with van der Waals surface area (Å²) >= 11 is 0. The number of anilines is 2. The third kappa shape index (κ3) is 3.09. The van der Waals surface area contributed by atoms with Gasteiger partial charge in [0.25, 0.3) is 0 Å². The van der Waals surface area contributed by atoms with Crippen molar-refractivity contribution in [3.8, 4) is 6.07 Å². The van der Waals surface area contributed by atoms with Gasteiger partial charge in [0.2, 0.25) is 0 Å². The summed E-state index contributed by atoms with van der Waals surface area (Å²) < 4.78 is 0. The molecule has 0 unspecified atom stereocenters. The van der Waals surface area contributed by atoms with Gasteiger partial charge in [0, 0.05) is 12.2 Å². The Morgan fingerprint density at radius 3 is 2.70 bits per heavy atom. The molecule has 1 N–H and O–H groups in total. The van der Waals surface area contributed by atoms with Crippen LogP contribution >= 0.6 is 0 Å². The molecule has 2 rings (SSSR count). The fourth-order valence-corrected chi connectivity index (χ4v) is 1.73. The highest BCUT2D eigenvalue weighted by Crippen LogP contribution is 2.22. The Labute approximate surface area is 115 Å². The molecule has 0 aliphatic carbocycles. The van der Waals surface area contributed by atoms with Crippen LogP contribution in [0.2, 0.25) is 0 Å². The Kier molecular flexibility index (Phi) is 4.24. The fraction of sp³-hybridized carbons (Fsp3) is 0.143. The van der Waals surface area contributed by atoms with E-state index in [9.17, 15) is 4.79 Å². The Balaban J connectivity index is 2.39. The van der Waals surface area contributed by atoms with Crippen molar-refractivity contribution < 1.29 is 9.90 Å². The summed E-state index contributed by atoms with van der Waals surface area (Å²) in [7, 11) is 0. The van der Waals surface area contributed by atoms with Gasteiger partial charge in [0.1, 0.15) is 0 Å².